The van der Waals surface area contributed by atoms with Crippen LogP contribution in [0.2, 0.25) is 0 Å². The van der Waals surface area contributed by atoms with Crippen LogP contribution in [-0.2, 0) is 0 Å². The molecule has 0 aliphatic heterocycles. The number of halogens is 1. The lowest BCUT2D eigenvalue weighted by atomic mass is 10.0. The van der Waals surface area contributed by atoms with E-state index in [1.165, 1.54) is 12.1 Å². The molecule has 2 unspecified atom stereocenters. The summed E-state index contributed by atoms with van der Waals surface area (Å²) in [5.41, 5.74) is 0.508. The molecule has 0 saturated heterocycles. The Labute approximate surface area is 124 Å². The lowest BCUT2D eigenvalue weighted by Gasteiger charge is -2.22. The predicted molar refractivity (Wildman–Crippen MR) is 80.9 cm³/mol. The number of rotatable bonds is 4. The second-order valence-electron chi connectivity index (χ2n) is 5.48. The van der Waals surface area contributed by atoms with Crippen LogP contribution in [0.3, 0.4) is 0 Å². The van der Waals surface area contributed by atoms with Gasteiger partial charge in [-0.05, 0) is 31.9 Å². The van der Waals surface area contributed by atoms with Crippen molar-refractivity contribution in [3.05, 3.63) is 29.6 Å². The Bertz CT molecular complexity index is 493. The molecule has 0 heterocycles. The largest absolute Gasteiger partial charge is 0.391 e. The number of anilines is 1. The monoisotopic (exact) mass is 294 g/mol. The first kappa shape index (κ1) is 15.8. The van der Waals surface area contributed by atoms with Gasteiger partial charge in [-0.2, -0.15) is 0 Å². The van der Waals surface area contributed by atoms with Gasteiger partial charge in [0.25, 0.3) is 5.91 Å². The highest BCUT2D eigenvalue weighted by molar-refractivity contribution is 5.99. The Balaban J connectivity index is 2.14. The van der Waals surface area contributed by atoms with Gasteiger partial charge >= 0.3 is 0 Å². The van der Waals surface area contributed by atoms with E-state index in [1.807, 2.05) is 6.92 Å². The minimum atomic E-state index is -0.521. The standard InChI is InChI=1S/C16H23FN2O2/c1-2-18-15-11(7-6-8-12(15)17)16(21)19-13-9-4-3-5-10-14(13)20/h6-8,13-14,18,20H,2-5,9-10H2,1H3,(H,19,21). The highest BCUT2D eigenvalue weighted by Gasteiger charge is 2.25. The summed E-state index contributed by atoms with van der Waals surface area (Å²) < 4.78 is 13.8. The van der Waals surface area contributed by atoms with E-state index < -0.39 is 11.9 Å². The van der Waals surface area contributed by atoms with E-state index in [1.54, 1.807) is 6.07 Å². The van der Waals surface area contributed by atoms with Crippen LogP contribution in [-0.4, -0.2) is 29.7 Å². The van der Waals surface area contributed by atoms with E-state index in [0.717, 1.165) is 25.7 Å². The molecule has 0 spiro atoms. The van der Waals surface area contributed by atoms with Crippen LogP contribution in [0, 0.1) is 5.82 Å². The normalized spacial score (nSPS) is 22.4. The molecule has 0 aromatic heterocycles. The Morgan fingerprint density at radius 3 is 2.86 bits per heavy atom. The van der Waals surface area contributed by atoms with E-state index in [-0.39, 0.29) is 23.2 Å². The van der Waals surface area contributed by atoms with Gasteiger partial charge < -0.3 is 15.7 Å². The molecule has 1 fully saturated rings. The van der Waals surface area contributed by atoms with Crippen LogP contribution in [0.25, 0.3) is 0 Å². The first-order valence-electron chi connectivity index (χ1n) is 7.64. The van der Waals surface area contributed by atoms with E-state index in [2.05, 4.69) is 10.6 Å². The third-order valence-electron chi connectivity index (χ3n) is 3.91. The summed E-state index contributed by atoms with van der Waals surface area (Å²) in [5.74, 6) is -0.776. The first-order chi connectivity index (χ1) is 10.1. The van der Waals surface area contributed by atoms with Crippen molar-refractivity contribution < 1.29 is 14.3 Å². The quantitative estimate of drug-likeness (QED) is 0.748. The number of benzene rings is 1. The van der Waals surface area contributed by atoms with Gasteiger partial charge in [0.1, 0.15) is 5.82 Å². The van der Waals surface area contributed by atoms with Gasteiger partial charge in [0.05, 0.1) is 23.4 Å². The van der Waals surface area contributed by atoms with Gasteiger partial charge in [-0.3, -0.25) is 4.79 Å². The van der Waals surface area contributed by atoms with Crippen LogP contribution in [0.5, 0.6) is 0 Å². The van der Waals surface area contributed by atoms with Gasteiger partial charge in [0.15, 0.2) is 0 Å². The number of aliphatic hydroxyl groups is 1. The van der Waals surface area contributed by atoms with Gasteiger partial charge in [-0.15, -0.1) is 0 Å². The van der Waals surface area contributed by atoms with Crippen LogP contribution < -0.4 is 10.6 Å². The zero-order valence-electron chi connectivity index (χ0n) is 12.4. The predicted octanol–water partition coefficient (Wildman–Crippen LogP) is 2.68. The maximum absolute atomic E-state index is 13.8. The van der Waals surface area contributed by atoms with Crippen molar-refractivity contribution in [3.63, 3.8) is 0 Å². The molecule has 21 heavy (non-hydrogen) atoms. The summed E-state index contributed by atoms with van der Waals surface area (Å²) in [4.78, 5) is 12.4. The molecule has 1 saturated carbocycles. The summed E-state index contributed by atoms with van der Waals surface area (Å²) in [6, 6.07) is 4.20. The van der Waals surface area contributed by atoms with E-state index in [4.69, 9.17) is 0 Å². The average molecular weight is 294 g/mol. The van der Waals surface area contributed by atoms with E-state index in [0.29, 0.717) is 13.0 Å². The second kappa shape index (κ2) is 7.41. The van der Waals surface area contributed by atoms with Crippen LogP contribution in [0.4, 0.5) is 10.1 Å². The molecular formula is C16H23FN2O2. The number of nitrogens with one attached hydrogen (secondary N) is 2. The highest BCUT2D eigenvalue weighted by atomic mass is 19.1. The van der Waals surface area contributed by atoms with Crippen molar-refractivity contribution in [2.45, 2.75) is 51.2 Å². The number of hydrogen-bond donors (Lipinski definition) is 3. The highest BCUT2D eigenvalue weighted by Crippen LogP contribution is 2.22. The van der Waals surface area contributed by atoms with Crippen molar-refractivity contribution in [1.82, 2.24) is 5.32 Å². The molecule has 1 aliphatic rings. The fourth-order valence-electron chi connectivity index (χ4n) is 2.77. The lowest BCUT2D eigenvalue weighted by molar-refractivity contribution is 0.0819. The number of amides is 1. The molecule has 0 radical (unpaired) electrons. The SMILES string of the molecule is CCNc1c(F)cccc1C(=O)NC1CCCCCC1O. The average Bonchev–Trinajstić information content (AvgIpc) is 2.66. The summed E-state index contributed by atoms with van der Waals surface area (Å²) in [6.07, 6.45) is 3.99. The molecule has 5 heteroatoms. The van der Waals surface area contributed by atoms with Crippen molar-refractivity contribution in [2.24, 2.45) is 0 Å². The van der Waals surface area contributed by atoms with E-state index >= 15 is 0 Å². The second-order valence-corrected chi connectivity index (χ2v) is 5.48. The summed E-state index contributed by atoms with van der Waals surface area (Å²) in [6.45, 7) is 2.39. The lowest BCUT2D eigenvalue weighted by Crippen LogP contribution is -2.42. The molecule has 3 N–H and O–H groups in total. The number of carbonyl (C=O) groups is 1. The number of para-hydroxylation sites is 1. The number of carbonyl (C=O) groups excluding carboxylic acids is 1. The minimum Gasteiger partial charge on any atom is -0.391 e. The maximum atomic E-state index is 13.8. The third-order valence-corrected chi connectivity index (χ3v) is 3.91. The molecule has 4 nitrogen and oxygen atoms in total. The van der Waals surface area contributed by atoms with Gasteiger partial charge in [-0.1, -0.05) is 25.3 Å². The van der Waals surface area contributed by atoms with Crippen LogP contribution in [0.15, 0.2) is 18.2 Å². The van der Waals surface area contributed by atoms with Crippen molar-refractivity contribution in [1.29, 1.82) is 0 Å². The molecule has 1 aromatic rings. The molecule has 1 aliphatic carbocycles. The molecular weight excluding hydrogens is 271 g/mol. The maximum Gasteiger partial charge on any atom is 0.253 e. The zero-order valence-corrected chi connectivity index (χ0v) is 12.4. The van der Waals surface area contributed by atoms with Gasteiger partial charge in [-0.25, -0.2) is 4.39 Å². The van der Waals surface area contributed by atoms with Crippen molar-refractivity contribution in [2.75, 3.05) is 11.9 Å². The number of aliphatic hydroxyl groups excluding tert-OH is 1. The molecule has 116 valence electrons. The minimum absolute atomic E-state index is 0.223. The summed E-state index contributed by atoms with van der Waals surface area (Å²) in [5, 5.41) is 15.8. The zero-order chi connectivity index (χ0) is 15.2. The van der Waals surface area contributed by atoms with Crippen LogP contribution >= 0.6 is 0 Å². The van der Waals surface area contributed by atoms with Gasteiger partial charge in [0.2, 0.25) is 0 Å². The smallest absolute Gasteiger partial charge is 0.253 e. The Morgan fingerprint density at radius 2 is 2.10 bits per heavy atom. The van der Waals surface area contributed by atoms with Crippen molar-refractivity contribution in [3.8, 4) is 0 Å². The summed E-state index contributed by atoms with van der Waals surface area (Å²) >= 11 is 0. The molecule has 0 bridgehead atoms. The Kier molecular flexibility index (Phi) is 5.56. The third kappa shape index (κ3) is 3.94. The van der Waals surface area contributed by atoms with Crippen LogP contribution in [0.1, 0.15) is 49.4 Å². The Hall–Kier alpha value is -1.62. The molecule has 2 atom stereocenters. The fourth-order valence-corrected chi connectivity index (χ4v) is 2.77. The molecule has 2 rings (SSSR count). The first-order valence-corrected chi connectivity index (χ1v) is 7.64. The molecule has 1 amide bonds. The van der Waals surface area contributed by atoms with Gasteiger partial charge in [0, 0.05) is 6.54 Å². The summed E-state index contributed by atoms with van der Waals surface area (Å²) in [7, 11) is 0. The number of hydrogen-bond acceptors (Lipinski definition) is 3. The van der Waals surface area contributed by atoms with Crippen molar-refractivity contribution >= 4 is 11.6 Å². The topological polar surface area (TPSA) is 61.4 Å². The Morgan fingerprint density at radius 1 is 1.33 bits per heavy atom. The molecule has 1 aromatic carbocycles. The van der Waals surface area contributed by atoms with E-state index in [9.17, 15) is 14.3 Å². The fraction of sp³-hybridized carbons (Fsp3) is 0.562.